The van der Waals surface area contributed by atoms with Crippen LogP contribution in [0.15, 0.2) is 11.6 Å². The highest BCUT2D eigenvalue weighted by atomic mass is 14.9. The normalized spacial score (nSPS) is 29.0. The van der Waals surface area contributed by atoms with E-state index in [9.17, 15) is 0 Å². The molecule has 2 aliphatic carbocycles. The summed E-state index contributed by atoms with van der Waals surface area (Å²) in [7, 11) is 0. The van der Waals surface area contributed by atoms with Crippen molar-refractivity contribution in [1.29, 1.82) is 0 Å². The predicted molar refractivity (Wildman–Crippen MR) is 89.0 cm³/mol. The van der Waals surface area contributed by atoms with Crippen LogP contribution in [0.2, 0.25) is 0 Å². The molecule has 3 unspecified atom stereocenters. The Morgan fingerprint density at radius 3 is 2.70 bits per heavy atom. The van der Waals surface area contributed by atoms with Crippen LogP contribution in [0.5, 0.6) is 0 Å². The summed E-state index contributed by atoms with van der Waals surface area (Å²) < 4.78 is 0. The predicted octanol–water partition coefficient (Wildman–Crippen LogP) is 5.46. The molecule has 2 rings (SSSR count). The smallest absolute Gasteiger partial charge is 0.0135 e. The van der Waals surface area contributed by atoms with Crippen molar-refractivity contribution in [2.45, 2.75) is 90.5 Å². The molecule has 0 aromatic rings. The van der Waals surface area contributed by atoms with E-state index in [2.05, 4.69) is 25.2 Å². The molecule has 2 aliphatic rings. The number of rotatable bonds is 7. The van der Waals surface area contributed by atoms with Gasteiger partial charge in [0.1, 0.15) is 0 Å². The lowest BCUT2D eigenvalue weighted by Crippen LogP contribution is -2.41. The molecule has 1 fully saturated rings. The topological polar surface area (TPSA) is 12.0 Å². The summed E-state index contributed by atoms with van der Waals surface area (Å²) >= 11 is 0. The Labute approximate surface area is 126 Å². The Bertz CT molecular complexity index is 294. The van der Waals surface area contributed by atoms with Gasteiger partial charge in [-0.25, -0.2) is 0 Å². The van der Waals surface area contributed by atoms with E-state index in [4.69, 9.17) is 0 Å². The standard InChI is InChI=1S/C19H35N/c1-3-14-20-19(15-16-10-6-5-7-11-16)18-13-9-8-12-17(18)4-2/h10,17-20H,3-9,11-15H2,1-2H3. The van der Waals surface area contributed by atoms with Gasteiger partial charge >= 0.3 is 0 Å². The van der Waals surface area contributed by atoms with Gasteiger partial charge in [-0.3, -0.25) is 0 Å². The highest BCUT2D eigenvalue weighted by molar-refractivity contribution is 5.08. The molecule has 0 bridgehead atoms. The van der Waals surface area contributed by atoms with E-state index in [0.717, 1.165) is 17.9 Å². The van der Waals surface area contributed by atoms with Gasteiger partial charge in [0, 0.05) is 6.04 Å². The van der Waals surface area contributed by atoms with Crippen LogP contribution < -0.4 is 5.32 Å². The minimum atomic E-state index is 0.754. The highest BCUT2D eigenvalue weighted by Crippen LogP contribution is 2.37. The molecule has 0 aromatic heterocycles. The van der Waals surface area contributed by atoms with Crippen LogP contribution in [0.3, 0.4) is 0 Å². The maximum Gasteiger partial charge on any atom is 0.0135 e. The Kier molecular flexibility index (Phi) is 7.13. The van der Waals surface area contributed by atoms with E-state index >= 15 is 0 Å². The van der Waals surface area contributed by atoms with Crippen LogP contribution in [-0.2, 0) is 0 Å². The lowest BCUT2D eigenvalue weighted by atomic mass is 9.72. The van der Waals surface area contributed by atoms with Gasteiger partial charge in [0.2, 0.25) is 0 Å². The van der Waals surface area contributed by atoms with E-state index < -0.39 is 0 Å². The summed E-state index contributed by atoms with van der Waals surface area (Å²) in [5, 5.41) is 3.91. The SMILES string of the molecule is CCCNC(CC1=CCCCC1)C1CCCCC1CC. The van der Waals surface area contributed by atoms with Crippen molar-refractivity contribution in [2.75, 3.05) is 6.54 Å². The fraction of sp³-hybridized carbons (Fsp3) is 0.895. The van der Waals surface area contributed by atoms with Gasteiger partial charge in [-0.2, -0.15) is 0 Å². The van der Waals surface area contributed by atoms with Crippen LogP contribution in [0, 0.1) is 11.8 Å². The number of hydrogen-bond donors (Lipinski definition) is 1. The molecule has 3 atom stereocenters. The first kappa shape index (κ1) is 16.1. The van der Waals surface area contributed by atoms with E-state index in [1.807, 2.05) is 0 Å². The fourth-order valence-corrected chi connectivity index (χ4v) is 4.35. The summed E-state index contributed by atoms with van der Waals surface area (Å²) in [5.41, 5.74) is 1.75. The van der Waals surface area contributed by atoms with Gasteiger partial charge < -0.3 is 5.32 Å². The highest BCUT2D eigenvalue weighted by Gasteiger charge is 2.30. The average Bonchev–Trinajstić information content (AvgIpc) is 2.52. The zero-order valence-electron chi connectivity index (χ0n) is 13.8. The molecule has 1 heteroatoms. The van der Waals surface area contributed by atoms with Crippen molar-refractivity contribution in [3.63, 3.8) is 0 Å². The van der Waals surface area contributed by atoms with Gasteiger partial charge in [-0.1, -0.05) is 51.2 Å². The zero-order valence-corrected chi connectivity index (χ0v) is 13.8. The maximum atomic E-state index is 3.91. The van der Waals surface area contributed by atoms with E-state index in [1.165, 1.54) is 77.2 Å². The second-order valence-electron chi connectivity index (χ2n) is 6.99. The molecule has 0 amide bonds. The van der Waals surface area contributed by atoms with E-state index in [-0.39, 0.29) is 0 Å². The third-order valence-corrected chi connectivity index (χ3v) is 5.53. The molecule has 0 heterocycles. The Balaban J connectivity index is 1.98. The van der Waals surface area contributed by atoms with E-state index in [0.29, 0.717) is 0 Å². The Morgan fingerprint density at radius 2 is 2.00 bits per heavy atom. The van der Waals surface area contributed by atoms with Gasteiger partial charge in [0.25, 0.3) is 0 Å². The molecule has 0 saturated heterocycles. The van der Waals surface area contributed by atoms with Crippen LogP contribution in [0.25, 0.3) is 0 Å². The van der Waals surface area contributed by atoms with Crippen LogP contribution in [0.4, 0.5) is 0 Å². The lowest BCUT2D eigenvalue weighted by molar-refractivity contribution is 0.173. The molecule has 1 N–H and O–H groups in total. The molecule has 0 radical (unpaired) electrons. The molecular weight excluding hydrogens is 242 g/mol. The molecule has 1 nitrogen and oxygen atoms in total. The van der Waals surface area contributed by atoms with Crippen molar-refractivity contribution >= 4 is 0 Å². The first-order chi connectivity index (χ1) is 9.85. The lowest BCUT2D eigenvalue weighted by Gasteiger charge is -2.38. The van der Waals surface area contributed by atoms with Crippen LogP contribution in [0.1, 0.15) is 84.5 Å². The minimum absolute atomic E-state index is 0.754. The zero-order chi connectivity index (χ0) is 14.2. The van der Waals surface area contributed by atoms with Gasteiger partial charge in [0.15, 0.2) is 0 Å². The molecule has 0 aromatic carbocycles. The molecular formula is C19H35N. The maximum absolute atomic E-state index is 3.91. The first-order valence-corrected chi connectivity index (χ1v) is 9.26. The first-order valence-electron chi connectivity index (χ1n) is 9.26. The van der Waals surface area contributed by atoms with Gasteiger partial charge in [0.05, 0.1) is 0 Å². The molecule has 0 spiro atoms. The molecule has 20 heavy (non-hydrogen) atoms. The van der Waals surface area contributed by atoms with Gasteiger partial charge in [-0.05, 0) is 63.3 Å². The molecule has 116 valence electrons. The number of nitrogens with one attached hydrogen (secondary N) is 1. The third kappa shape index (κ3) is 4.62. The monoisotopic (exact) mass is 277 g/mol. The van der Waals surface area contributed by atoms with Crippen molar-refractivity contribution in [2.24, 2.45) is 11.8 Å². The molecule has 1 saturated carbocycles. The van der Waals surface area contributed by atoms with Crippen molar-refractivity contribution < 1.29 is 0 Å². The second kappa shape index (κ2) is 8.87. The largest absolute Gasteiger partial charge is 0.313 e. The summed E-state index contributed by atoms with van der Waals surface area (Å²) in [6.07, 6.45) is 17.9. The van der Waals surface area contributed by atoms with E-state index in [1.54, 1.807) is 5.57 Å². The quantitative estimate of drug-likeness (QED) is 0.609. The summed E-state index contributed by atoms with van der Waals surface area (Å²) in [5.74, 6) is 1.91. The Hall–Kier alpha value is -0.300. The summed E-state index contributed by atoms with van der Waals surface area (Å²) in [4.78, 5) is 0. The minimum Gasteiger partial charge on any atom is -0.313 e. The van der Waals surface area contributed by atoms with Crippen molar-refractivity contribution in [3.8, 4) is 0 Å². The Morgan fingerprint density at radius 1 is 1.15 bits per heavy atom. The molecule has 0 aliphatic heterocycles. The summed E-state index contributed by atoms with van der Waals surface area (Å²) in [6.45, 7) is 5.90. The summed E-state index contributed by atoms with van der Waals surface area (Å²) in [6, 6.07) is 0.754. The fourth-order valence-electron chi connectivity index (χ4n) is 4.35. The van der Waals surface area contributed by atoms with Crippen molar-refractivity contribution in [3.05, 3.63) is 11.6 Å². The third-order valence-electron chi connectivity index (χ3n) is 5.53. The average molecular weight is 277 g/mol. The number of hydrogen-bond acceptors (Lipinski definition) is 1. The second-order valence-corrected chi connectivity index (χ2v) is 6.99. The van der Waals surface area contributed by atoms with Crippen molar-refractivity contribution in [1.82, 2.24) is 5.32 Å². The number of allylic oxidation sites excluding steroid dienone is 1. The van der Waals surface area contributed by atoms with Crippen LogP contribution in [-0.4, -0.2) is 12.6 Å². The van der Waals surface area contributed by atoms with Crippen LogP contribution >= 0.6 is 0 Å². The van der Waals surface area contributed by atoms with Gasteiger partial charge in [-0.15, -0.1) is 0 Å².